The Kier molecular flexibility index (Phi) is 4.53. The van der Waals surface area contributed by atoms with Crippen LogP contribution in [-0.2, 0) is 0 Å². The number of hydrogen-bond donors (Lipinski definition) is 1. The molecule has 0 aromatic carbocycles. The number of alkyl halides is 1. The van der Waals surface area contributed by atoms with E-state index in [0.717, 1.165) is 13.1 Å². The Morgan fingerprint density at radius 1 is 1.47 bits per heavy atom. The van der Waals surface area contributed by atoms with E-state index in [1.165, 1.54) is 6.42 Å². The maximum absolute atomic E-state index is 12.4. The average Bonchev–Trinajstić information content (AvgIpc) is 2.45. The molecule has 0 aliphatic carbocycles. The Hall–Kier alpha value is -0.150. The van der Waals surface area contributed by atoms with E-state index in [2.05, 4.69) is 37.9 Å². The quantitative estimate of drug-likeness (QED) is 0.756. The van der Waals surface area contributed by atoms with Crippen molar-refractivity contribution in [1.82, 2.24) is 10.2 Å². The summed E-state index contributed by atoms with van der Waals surface area (Å²) in [5.41, 5.74) is 0.351. The molecule has 1 aliphatic rings. The van der Waals surface area contributed by atoms with Crippen LogP contribution < -0.4 is 5.32 Å². The van der Waals surface area contributed by atoms with Crippen LogP contribution in [0.15, 0.2) is 0 Å². The van der Waals surface area contributed by atoms with Gasteiger partial charge >= 0.3 is 0 Å². The Morgan fingerprint density at radius 3 is 2.53 bits per heavy atom. The first kappa shape index (κ1) is 12.9. The van der Waals surface area contributed by atoms with Crippen LogP contribution in [0.2, 0.25) is 0 Å². The summed E-state index contributed by atoms with van der Waals surface area (Å²) >= 11 is 0. The van der Waals surface area contributed by atoms with Gasteiger partial charge < -0.3 is 5.32 Å². The van der Waals surface area contributed by atoms with Gasteiger partial charge in [-0.25, -0.2) is 4.39 Å². The first-order chi connectivity index (χ1) is 6.97. The Bertz CT molecular complexity index is 192. The molecule has 1 unspecified atom stereocenters. The van der Waals surface area contributed by atoms with Crippen molar-refractivity contribution in [2.75, 3.05) is 26.3 Å². The van der Waals surface area contributed by atoms with Crippen LogP contribution in [0.5, 0.6) is 0 Å². The Labute approximate surface area is 93.2 Å². The highest BCUT2D eigenvalue weighted by Crippen LogP contribution is 2.30. The van der Waals surface area contributed by atoms with Gasteiger partial charge in [-0.1, -0.05) is 13.8 Å². The number of hydrogen-bond acceptors (Lipinski definition) is 2. The van der Waals surface area contributed by atoms with Crippen LogP contribution in [-0.4, -0.2) is 43.3 Å². The van der Waals surface area contributed by atoms with Crippen molar-refractivity contribution in [2.45, 2.75) is 46.2 Å². The van der Waals surface area contributed by atoms with Gasteiger partial charge in [-0.05, 0) is 32.2 Å². The van der Waals surface area contributed by atoms with Crippen LogP contribution >= 0.6 is 0 Å². The fourth-order valence-corrected chi connectivity index (χ4v) is 2.23. The first-order valence-electron chi connectivity index (χ1n) is 6.01. The zero-order chi connectivity index (χ0) is 11.5. The van der Waals surface area contributed by atoms with Crippen LogP contribution in [0.25, 0.3) is 0 Å². The number of nitrogens with one attached hydrogen (secondary N) is 1. The minimum absolute atomic E-state index is 0.245. The lowest BCUT2D eigenvalue weighted by molar-refractivity contribution is 0.154. The molecule has 0 aromatic heterocycles. The largest absolute Gasteiger partial charge is 0.312 e. The normalized spacial score (nSPS) is 25.4. The second kappa shape index (κ2) is 5.26. The van der Waals surface area contributed by atoms with Crippen molar-refractivity contribution in [1.29, 1.82) is 0 Å². The second-order valence-corrected chi connectivity index (χ2v) is 5.52. The summed E-state index contributed by atoms with van der Waals surface area (Å²) in [6, 6.07) is 0.936. The van der Waals surface area contributed by atoms with E-state index in [9.17, 15) is 4.39 Å². The lowest BCUT2D eigenvalue weighted by Crippen LogP contribution is -2.46. The lowest BCUT2D eigenvalue weighted by atomic mass is 9.84. The van der Waals surface area contributed by atoms with E-state index >= 15 is 0 Å². The van der Waals surface area contributed by atoms with Crippen molar-refractivity contribution >= 4 is 0 Å². The summed E-state index contributed by atoms with van der Waals surface area (Å²) in [5.74, 6) is 0. The monoisotopic (exact) mass is 216 g/mol. The molecule has 0 spiro atoms. The van der Waals surface area contributed by atoms with Gasteiger partial charge in [0.05, 0.1) is 0 Å². The second-order valence-electron chi connectivity index (χ2n) is 5.52. The highest BCUT2D eigenvalue weighted by molar-refractivity contribution is 4.93. The zero-order valence-electron chi connectivity index (χ0n) is 10.5. The van der Waals surface area contributed by atoms with Gasteiger partial charge in [0, 0.05) is 25.2 Å². The van der Waals surface area contributed by atoms with Crippen LogP contribution in [0, 0.1) is 5.41 Å². The Balaban J connectivity index is 2.50. The summed E-state index contributed by atoms with van der Waals surface area (Å²) in [7, 11) is 0. The van der Waals surface area contributed by atoms with Crippen molar-refractivity contribution in [2.24, 2.45) is 5.41 Å². The van der Waals surface area contributed by atoms with Gasteiger partial charge in [0.25, 0.3) is 0 Å². The molecule has 1 N–H and O–H groups in total. The van der Waals surface area contributed by atoms with E-state index in [-0.39, 0.29) is 6.67 Å². The first-order valence-corrected chi connectivity index (χ1v) is 6.01. The summed E-state index contributed by atoms with van der Waals surface area (Å²) in [6.07, 6.45) is 1.22. The van der Waals surface area contributed by atoms with E-state index in [1.54, 1.807) is 0 Å². The summed E-state index contributed by atoms with van der Waals surface area (Å²) < 4.78 is 12.4. The smallest absolute Gasteiger partial charge is 0.102 e. The SMILES string of the molecule is CC(C)N(CCF)CC1NCCC1(C)C. The molecule has 3 heteroatoms. The summed E-state index contributed by atoms with van der Waals surface area (Å²) in [4.78, 5) is 2.23. The van der Waals surface area contributed by atoms with Gasteiger partial charge in [-0.3, -0.25) is 4.90 Å². The molecule has 0 saturated carbocycles. The molecule has 0 radical (unpaired) electrons. The Morgan fingerprint density at radius 2 is 2.13 bits per heavy atom. The standard InChI is InChI=1S/C12H25FN2/c1-10(2)15(8-6-13)9-11-12(3,4)5-7-14-11/h10-11,14H,5-9H2,1-4H3. The van der Waals surface area contributed by atoms with E-state index in [0.29, 0.717) is 24.0 Å². The lowest BCUT2D eigenvalue weighted by Gasteiger charge is -2.34. The van der Waals surface area contributed by atoms with Gasteiger partial charge in [0.2, 0.25) is 0 Å². The highest BCUT2D eigenvalue weighted by atomic mass is 19.1. The molecule has 15 heavy (non-hydrogen) atoms. The molecule has 90 valence electrons. The van der Waals surface area contributed by atoms with Gasteiger partial charge in [0.1, 0.15) is 6.67 Å². The minimum Gasteiger partial charge on any atom is -0.312 e. The topological polar surface area (TPSA) is 15.3 Å². The number of rotatable bonds is 5. The molecule has 1 fully saturated rings. The van der Waals surface area contributed by atoms with Crippen molar-refractivity contribution in [3.8, 4) is 0 Å². The fourth-order valence-electron chi connectivity index (χ4n) is 2.23. The molecule has 1 atom stereocenters. The maximum atomic E-state index is 12.4. The molecular weight excluding hydrogens is 191 g/mol. The summed E-state index contributed by atoms with van der Waals surface area (Å²) in [5, 5.41) is 3.53. The predicted octanol–water partition coefficient (Wildman–Crippen LogP) is 2.05. The van der Waals surface area contributed by atoms with Crippen molar-refractivity contribution in [3.63, 3.8) is 0 Å². The van der Waals surface area contributed by atoms with E-state index < -0.39 is 0 Å². The third kappa shape index (κ3) is 3.42. The molecule has 1 heterocycles. The van der Waals surface area contributed by atoms with Crippen LogP contribution in [0.1, 0.15) is 34.1 Å². The third-order valence-corrected chi connectivity index (χ3v) is 3.62. The molecule has 2 nitrogen and oxygen atoms in total. The van der Waals surface area contributed by atoms with Gasteiger partial charge in [-0.15, -0.1) is 0 Å². The minimum atomic E-state index is -0.245. The third-order valence-electron chi connectivity index (χ3n) is 3.62. The fraction of sp³-hybridized carbons (Fsp3) is 1.00. The van der Waals surface area contributed by atoms with E-state index in [1.807, 2.05) is 0 Å². The van der Waals surface area contributed by atoms with E-state index in [4.69, 9.17) is 0 Å². The summed E-state index contributed by atoms with van der Waals surface area (Å²) in [6.45, 7) is 11.2. The molecule has 0 aromatic rings. The maximum Gasteiger partial charge on any atom is 0.102 e. The highest BCUT2D eigenvalue weighted by Gasteiger charge is 2.35. The number of halogens is 1. The zero-order valence-corrected chi connectivity index (χ0v) is 10.5. The molecule has 0 amide bonds. The molecule has 1 aliphatic heterocycles. The molecule has 1 rings (SSSR count). The van der Waals surface area contributed by atoms with Gasteiger partial charge in [-0.2, -0.15) is 0 Å². The molecule has 1 saturated heterocycles. The molecule has 0 bridgehead atoms. The van der Waals surface area contributed by atoms with Crippen LogP contribution in [0.4, 0.5) is 4.39 Å². The van der Waals surface area contributed by atoms with Crippen molar-refractivity contribution < 1.29 is 4.39 Å². The molecular formula is C12H25FN2. The predicted molar refractivity (Wildman–Crippen MR) is 62.9 cm³/mol. The van der Waals surface area contributed by atoms with Gasteiger partial charge in [0.15, 0.2) is 0 Å². The average molecular weight is 216 g/mol. The van der Waals surface area contributed by atoms with Crippen LogP contribution in [0.3, 0.4) is 0 Å². The van der Waals surface area contributed by atoms with Crippen molar-refractivity contribution in [3.05, 3.63) is 0 Å². The number of nitrogens with zero attached hydrogens (tertiary/aromatic N) is 1.